The van der Waals surface area contributed by atoms with Gasteiger partial charge in [0.2, 0.25) is 0 Å². The van der Waals surface area contributed by atoms with Crippen molar-refractivity contribution in [2.75, 3.05) is 19.8 Å². The van der Waals surface area contributed by atoms with E-state index >= 15 is 0 Å². The predicted octanol–water partition coefficient (Wildman–Crippen LogP) is 1.90. The number of amides is 1. The number of aromatic nitrogens is 1. The Morgan fingerprint density at radius 2 is 2.35 bits per heavy atom. The van der Waals surface area contributed by atoms with Crippen molar-refractivity contribution in [3.63, 3.8) is 0 Å². The second kappa shape index (κ2) is 5.02. The average Bonchev–Trinajstić information content (AvgIpc) is 2.27. The van der Waals surface area contributed by atoms with Gasteiger partial charge in [-0.1, -0.05) is 11.6 Å². The summed E-state index contributed by atoms with van der Waals surface area (Å²) in [5, 5.41) is 0.356. The number of halogens is 1. The highest BCUT2D eigenvalue weighted by Crippen LogP contribution is 2.16. The molecule has 92 valence electrons. The van der Waals surface area contributed by atoms with E-state index in [1.807, 2.05) is 18.7 Å². The summed E-state index contributed by atoms with van der Waals surface area (Å²) >= 11 is 5.86. The maximum absolute atomic E-state index is 12.3. The first-order valence-corrected chi connectivity index (χ1v) is 5.98. The number of pyridine rings is 1. The number of morpholine rings is 1. The van der Waals surface area contributed by atoms with Crippen LogP contribution in [-0.2, 0) is 4.74 Å². The van der Waals surface area contributed by atoms with Crippen molar-refractivity contribution in [3.8, 4) is 0 Å². The minimum Gasteiger partial charge on any atom is -0.377 e. The molecule has 1 aromatic heterocycles. The molecule has 17 heavy (non-hydrogen) atoms. The molecule has 0 N–H and O–H groups in total. The highest BCUT2D eigenvalue weighted by Gasteiger charge is 2.25. The van der Waals surface area contributed by atoms with Gasteiger partial charge in [0.25, 0.3) is 5.91 Å². The molecule has 5 heteroatoms. The van der Waals surface area contributed by atoms with E-state index in [4.69, 9.17) is 16.3 Å². The molecule has 1 fully saturated rings. The lowest BCUT2D eigenvalue weighted by atomic mass is 10.1. The Kier molecular flexibility index (Phi) is 3.64. The second-order valence-electron chi connectivity index (χ2n) is 4.24. The van der Waals surface area contributed by atoms with Crippen molar-refractivity contribution < 1.29 is 9.53 Å². The van der Waals surface area contributed by atoms with Crippen LogP contribution in [0.4, 0.5) is 0 Å². The van der Waals surface area contributed by atoms with Gasteiger partial charge in [0.15, 0.2) is 0 Å². The van der Waals surface area contributed by atoms with Crippen molar-refractivity contribution in [2.24, 2.45) is 0 Å². The number of hydrogen-bond donors (Lipinski definition) is 0. The fraction of sp³-hybridized carbons (Fsp3) is 0.500. The van der Waals surface area contributed by atoms with Gasteiger partial charge in [-0.2, -0.15) is 0 Å². The maximum atomic E-state index is 12.3. The summed E-state index contributed by atoms with van der Waals surface area (Å²) in [6, 6.07) is 3.47. The number of carbonyl (C=O) groups excluding carboxylic acids is 1. The molecular formula is C12H15ClN2O2. The van der Waals surface area contributed by atoms with E-state index in [0.29, 0.717) is 30.5 Å². The van der Waals surface area contributed by atoms with E-state index in [0.717, 1.165) is 5.69 Å². The zero-order valence-corrected chi connectivity index (χ0v) is 10.7. The van der Waals surface area contributed by atoms with Crippen molar-refractivity contribution in [1.82, 2.24) is 9.88 Å². The molecule has 1 aromatic rings. The summed E-state index contributed by atoms with van der Waals surface area (Å²) in [6.45, 7) is 5.61. The van der Waals surface area contributed by atoms with E-state index < -0.39 is 0 Å². The van der Waals surface area contributed by atoms with Crippen LogP contribution in [0.1, 0.15) is 23.0 Å². The summed E-state index contributed by atoms with van der Waals surface area (Å²) in [5.41, 5.74) is 1.35. The Bertz CT molecular complexity index is 416. The quantitative estimate of drug-likeness (QED) is 0.719. The minimum atomic E-state index is -0.00630. The molecule has 1 amide bonds. The summed E-state index contributed by atoms with van der Waals surface area (Å²) in [6.07, 6.45) is 0. The SMILES string of the molecule is Cc1cc(C(=O)N2CCOCC2C)cc(Cl)n1. The van der Waals surface area contributed by atoms with Crippen LogP contribution in [0, 0.1) is 6.92 Å². The molecule has 0 aliphatic carbocycles. The van der Waals surface area contributed by atoms with E-state index in [-0.39, 0.29) is 11.9 Å². The van der Waals surface area contributed by atoms with Crippen molar-refractivity contribution in [2.45, 2.75) is 19.9 Å². The van der Waals surface area contributed by atoms with Crippen LogP contribution in [0.2, 0.25) is 5.15 Å². The largest absolute Gasteiger partial charge is 0.377 e. The van der Waals surface area contributed by atoms with Crippen LogP contribution >= 0.6 is 11.6 Å². The summed E-state index contributed by atoms with van der Waals surface area (Å²) in [7, 11) is 0. The topological polar surface area (TPSA) is 42.4 Å². The van der Waals surface area contributed by atoms with Gasteiger partial charge in [-0.05, 0) is 26.0 Å². The molecule has 0 saturated carbocycles. The first-order chi connectivity index (χ1) is 8.08. The van der Waals surface area contributed by atoms with Gasteiger partial charge in [-0.3, -0.25) is 4.79 Å². The van der Waals surface area contributed by atoms with E-state index in [2.05, 4.69) is 4.98 Å². The lowest BCUT2D eigenvalue weighted by Gasteiger charge is -2.33. The Morgan fingerprint density at radius 1 is 1.59 bits per heavy atom. The molecule has 1 aliphatic heterocycles. The third-order valence-electron chi connectivity index (χ3n) is 2.80. The van der Waals surface area contributed by atoms with Crippen molar-refractivity contribution >= 4 is 17.5 Å². The molecule has 0 spiro atoms. The molecule has 2 heterocycles. The monoisotopic (exact) mass is 254 g/mol. The summed E-state index contributed by atoms with van der Waals surface area (Å²) < 4.78 is 5.31. The lowest BCUT2D eigenvalue weighted by molar-refractivity contribution is 0.00358. The van der Waals surface area contributed by atoms with Crippen LogP contribution in [-0.4, -0.2) is 41.6 Å². The van der Waals surface area contributed by atoms with Gasteiger partial charge in [-0.25, -0.2) is 4.98 Å². The molecule has 1 aliphatic rings. The number of hydrogen-bond acceptors (Lipinski definition) is 3. The standard InChI is InChI=1S/C12H15ClN2O2/c1-8-5-10(6-11(13)14-8)12(16)15-3-4-17-7-9(15)2/h5-6,9H,3-4,7H2,1-2H3. The third-order valence-corrected chi connectivity index (χ3v) is 2.99. The van der Waals surface area contributed by atoms with E-state index in [1.54, 1.807) is 12.1 Å². The average molecular weight is 255 g/mol. The lowest BCUT2D eigenvalue weighted by Crippen LogP contribution is -2.47. The summed E-state index contributed by atoms with van der Waals surface area (Å²) in [4.78, 5) is 18.2. The predicted molar refractivity (Wildman–Crippen MR) is 65.3 cm³/mol. The number of carbonyl (C=O) groups is 1. The summed E-state index contributed by atoms with van der Waals surface area (Å²) in [5.74, 6) is -0.00630. The van der Waals surface area contributed by atoms with E-state index in [9.17, 15) is 4.79 Å². The Morgan fingerprint density at radius 3 is 3.00 bits per heavy atom. The van der Waals surface area contributed by atoms with Gasteiger partial charge in [0.05, 0.1) is 19.3 Å². The van der Waals surface area contributed by atoms with Gasteiger partial charge in [0.1, 0.15) is 5.15 Å². The smallest absolute Gasteiger partial charge is 0.254 e. The highest BCUT2D eigenvalue weighted by molar-refractivity contribution is 6.29. The number of nitrogens with zero attached hydrogens (tertiary/aromatic N) is 2. The maximum Gasteiger partial charge on any atom is 0.254 e. The Hall–Kier alpha value is -1.13. The van der Waals surface area contributed by atoms with E-state index in [1.165, 1.54) is 0 Å². The van der Waals surface area contributed by atoms with Crippen molar-refractivity contribution in [1.29, 1.82) is 0 Å². The zero-order valence-electron chi connectivity index (χ0n) is 9.94. The fourth-order valence-corrected chi connectivity index (χ4v) is 2.20. The molecule has 0 bridgehead atoms. The Labute approximate surface area is 106 Å². The number of rotatable bonds is 1. The van der Waals surface area contributed by atoms with Crippen LogP contribution < -0.4 is 0 Å². The molecule has 1 unspecified atom stereocenters. The van der Waals surface area contributed by atoms with Crippen LogP contribution in [0.15, 0.2) is 12.1 Å². The van der Waals surface area contributed by atoms with Crippen molar-refractivity contribution in [3.05, 3.63) is 28.5 Å². The first kappa shape index (κ1) is 12.3. The third kappa shape index (κ3) is 2.76. The van der Waals surface area contributed by atoms with Gasteiger partial charge < -0.3 is 9.64 Å². The zero-order chi connectivity index (χ0) is 12.4. The first-order valence-electron chi connectivity index (χ1n) is 5.61. The van der Waals surface area contributed by atoms with Gasteiger partial charge >= 0.3 is 0 Å². The second-order valence-corrected chi connectivity index (χ2v) is 4.63. The molecule has 1 saturated heterocycles. The van der Waals surface area contributed by atoms with Crippen LogP contribution in [0.5, 0.6) is 0 Å². The van der Waals surface area contributed by atoms with Gasteiger partial charge in [-0.15, -0.1) is 0 Å². The fourth-order valence-electron chi connectivity index (χ4n) is 1.95. The number of ether oxygens (including phenoxy) is 1. The van der Waals surface area contributed by atoms with Gasteiger partial charge in [0, 0.05) is 17.8 Å². The molecule has 4 nitrogen and oxygen atoms in total. The Balaban J connectivity index is 2.23. The molecule has 0 aromatic carbocycles. The van der Waals surface area contributed by atoms with Crippen LogP contribution in [0.25, 0.3) is 0 Å². The highest BCUT2D eigenvalue weighted by atomic mass is 35.5. The molecular weight excluding hydrogens is 240 g/mol. The number of aryl methyl sites for hydroxylation is 1. The molecule has 0 radical (unpaired) electrons. The molecule has 1 atom stereocenters. The molecule has 2 rings (SSSR count). The van der Waals surface area contributed by atoms with Crippen LogP contribution in [0.3, 0.4) is 0 Å². The normalized spacial score (nSPS) is 20.4. The minimum absolute atomic E-state index is 0.00630.